The Labute approximate surface area is 179 Å². The van der Waals surface area contributed by atoms with E-state index in [2.05, 4.69) is 15.3 Å². The van der Waals surface area contributed by atoms with Crippen molar-refractivity contribution in [1.29, 1.82) is 5.41 Å². The molecule has 30 heavy (non-hydrogen) atoms. The SMILES string of the molecule is N=C(N)c1ccc(OCCCCNC(N)=NCCCCCCCCN=C(N)N)cc1. The molecule has 0 fully saturated rings. The van der Waals surface area contributed by atoms with Crippen LogP contribution < -0.4 is 33.0 Å². The van der Waals surface area contributed by atoms with Crippen LogP contribution in [0.2, 0.25) is 0 Å². The third kappa shape index (κ3) is 13.2. The number of amidine groups is 1. The van der Waals surface area contributed by atoms with E-state index in [-0.39, 0.29) is 11.8 Å². The predicted octanol–water partition coefficient (Wildman–Crippen LogP) is 1.65. The normalized spacial score (nSPS) is 11.1. The van der Waals surface area contributed by atoms with Gasteiger partial charge in [0.25, 0.3) is 0 Å². The smallest absolute Gasteiger partial charge is 0.188 e. The lowest BCUT2D eigenvalue weighted by molar-refractivity contribution is 0.307. The summed E-state index contributed by atoms with van der Waals surface area (Å²) in [5.41, 5.74) is 22.6. The highest BCUT2D eigenvalue weighted by molar-refractivity contribution is 5.94. The highest BCUT2D eigenvalue weighted by Crippen LogP contribution is 2.12. The second kappa shape index (κ2) is 15.9. The van der Waals surface area contributed by atoms with Crippen LogP contribution in [0.4, 0.5) is 0 Å². The number of nitrogens with one attached hydrogen (secondary N) is 2. The number of rotatable bonds is 16. The predicted molar refractivity (Wildman–Crippen MR) is 125 cm³/mol. The van der Waals surface area contributed by atoms with E-state index in [1.165, 1.54) is 12.8 Å². The van der Waals surface area contributed by atoms with Gasteiger partial charge in [0.05, 0.1) is 6.61 Å². The van der Waals surface area contributed by atoms with Crippen molar-refractivity contribution in [3.05, 3.63) is 29.8 Å². The molecule has 0 spiro atoms. The first-order valence-corrected chi connectivity index (χ1v) is 10.7. The van der Waals surface area contributed by atoms with Crippen LogP contribution in [0.5, 0.6) is 5.75 Å². The van der Waals surface area contributed by atoms with Gasteiger partial charge in [-0.25, -0.2) is 0 Å². The molecule has 0 saturated heterocycles. The largest absolute Gasteiger partial charge is 0.494 e. The number of nitrogens with two attached hydrogens (primary N) is 4. The maximum absolute atomic E-state index is 7.37. The summed E-state index contributed by atoms with van der Waals surface area (Å²) in [6.45, 7) is 2.88. The number of nitrogens with zero attached hydrogens (tertiary/aromatic N) is 2. The molecule has 0 heterocycles. The van der Waals surface area contributed by atoms with E-state index in [0.29, 0.717) is 18.1 Å². The Morgan fingerprint density at radius 3 is 2.00 bits per heavy atom. The maximum Gasteiger partial charge on any atom is 0.188 e. The Morgan fingerprint density at radius 1 is 0.800 bits per heavy atom. The lowest BCUT2D eigenvalue weighted by Crippen LogP contribution is -2.32. The maximum atomic E-state index is 7.37. The van der Waals surface area contributed by atoms with Crippen LogP contribution in [0.3, 0.4) is 0 Å². The number of aliphatic imine (C=N–C) groups is 2. The molecule has 9 heteroatoms. The molecular weight excluding hydrogens is 380 g/mol. The van der Waals surface area contributed by atoms with Gasteiger partial charge in [-0.2, -0.15) is 0 Å². The molecule has 1 aromatic carbocycles. The molecule has 0 bridgehead atoms. The van der Waals surface area contributed by atoms with Crippen molar-refractivity contribution >= 4 is 17.8 Å². The summed E-state index contributed by atoms with van der Waals surface area (Å²) in [6.07, 6.45) is 8.64. The highest BCUT2D eigenvalue weighted by Gasteiger charge is 1.98. The van der Waals surface area contributed by atoms with E-state index < -0.39 is 0 Å². The average Bonchev–Trinajstić information content (AvgIpc) is 2.72. The molecule has 1 rings (SSSR count). The molecule has 0 aliphatic carbocycles. The fraction of sp³-hybridized carbons (Fsp3) is 0.571. The second-order valence-corrected chi connectivity index (χ2v) is 7.12. The van der Waals surface area contributed by atoms with Gasteiger partial charge in [-0.3, -0.25) is 15.4 Å². The van der Waals surface area contributed by atoms with E-state index >= 15 is 0 Å². The summed E-state index contributed by atoms with van der Waals surface area (Å²) in [5, 5.41) is 10.5. The first-order chi connectivity index (χ1) is 14.5. The molecule has 0 aliphatic rings. The number of guanidine groups is 2. The lowest BCUT2D eigenvalue weighted by atomic mass is 10.1. The van der Waals surface area contributed by atoms with Crippen LogP contribution >= 0.6 is 0 Å². The van der Waals surface area contributed by atoms with E-state index in [4.69, 9.17) is 33.1 Å². The molecular formula is C21H38N8O. The number of hydrogen-bond acceptors (Lipinski definition) is 4. The molecule has 0 saturated carbocycles. The van der Waals surface area contributed by atoms with Gasteiger partial charge < -0.3 is 33.0 Å². The molecule has 10 N–H and O–H groups in total. The van der Waals surface area contributed by atoms with Gasteiger partial charge in [-0.15, -0.1) is 0 Å². The van der Waals surface area contributed by atoms with Crippen LogP contribution in [0.25, 0.3) is 0 Å². The number of benzene rings is 1. The summed E-state index contributed by atoms with van der Waals surface area (Å²) in [7, 11) is 0. The number of unbranched alkanes of at least 4 members (excludes halogenated alkanes) is 6. The Morgan fingerprint density at radius 2 is 1.40 bits per heavy atom. The van der Waals surface area contributed by atoms with Gasteiger partial charge in [0.15, 0.2) is 11.9 Å². The van der Waals surface area contributed by atoms with Crippen LogP contribution in [0.15, 0.2) is 34.3 Å². The average molecular weight is 419 g/mol. The standard InChI is InChI=1S/C21H38N8O/c22-19(23)17-9-11-18(12-10-17)30-16-8-7-15-29-21(26)28-14-6-4-2-1-3-5-13-27-20(24)25/h9-12H,1-8,13-16H2,(H3,22,23)(H4,24,25,27)(H3,26,28,29). The van der Waals surface area contributed by atoms with Crippen LogP contribution in [-0.2, 0) is 0 Å². The van der Waals surface area contributed by atoms with Crippen molar-refractivity contribution in [2.24, 2.45) is 32.9 Å². The monoisotopic (exact) mass is 418 g/mol. The van der Waals surface area contributed by atoms with E-state index in [1.807, 2.05) is 12.1 Å². The first-order valence-electron chi connectivity index (χ1n) is 10.7. The molecule has 0 amide bonds. The summed E-state index contributed by atoms with van der Waals surface area (Å²) in [5.74, 6) is 1.52. The third-order valence-electron chi connectivity index (χ3n) is 4.45. The van der Waals surface area contributed by atoms with Gasteiger partial charge in [0.1, 0.15) is 11.6 Å². The summed E-state index contributed by atoms with van der Waals surface area (Å²) >= 11 is 0. The van der Waals surface area contributed by atoms with Crippen molar-refractivity contribution in [1.82, 2.24) is 5.32 Å². The summed E-state index contributed by atoms with van der Waals surface area (Å²) < 4.78 is 5.67. The Hall–Kier alpha value is -2.97. The quantitative estimate of drug-likeness (QED) is 0.135. The van der Waals surface area contributed by atoms with Crippen molar-refractivity contribution in [3.63, 3.8) is 0 Å². The van der Waals surface area contributed by atoms with E-state index in [0.717, 1.165) is 63.9 Å². The van der Waals surface area contributed by atoms with Crippen LogP contribution in [0.1, 0.15) is 56.9 Å². The van der Waals surface area contributed by atoms with Crippen molar-refractivity contribution < 1.29 is 4.74 Å². The van der Waals surface area contributed by atoms with E-state index in [9.17, 15) is 0 Å². The summed E-state index contributed by atoms with van der Waals surface area (Å²) in [6, 6.07) is 7.22. The zero-order valence-electron chi connectivity index (χ0n) is 17.9. The summed E-state index contributed by atoms with van der Waals surface area (Å²) in [4.78, 5) is 8.33. The van der Waals surface area contributed by atoms with Crippen LogP contribution in [0, 0.1) is 5.41 Å². The van der Waals surface area contributed by atoms with Gasteiger partial charge in [-0.1, -0.05) is 25.7 Å². The minimum absolute atomic E-state index is 0.0582. The molecule has 1 aromatic rings. The van der Waals surface area contributed by atoms with Crippen molar-refractivity contribution in [3.8, 4) is 5.75 Å². The fourth-order valence-corrected chi connectivity index (χ4v) is 2.76. The minimum atomic E-state index is 0.0582. The fourth-order valence-electron chi connectivity index (χ4n) is 2.76. The third-order valence-corrected chi connectivity index (χ3v) is 4.45. The number of ether oxygens (including phenoxy) is 1. The number of hydrogen-bond donors (Lipinski definition) is 6. The molecule has 168 valence electrons. The van der Waals surface area contributed by atoms with E-state index in [1.54, 1.807) is 12.1 Å². The molecule has 0 aromatic heterocycles. The minimum Gasteiger partial charge on any atom is -0.494 e. The second-order valence-electron chi connectivity index (χ2n) is 7.12. The van der Waals surface area contributed by atoms with Gasteiger partial charge in [0.2, 0.25) is 0 Å². The number of nitrogen functional groups attached to an aromatic ring is 1. The molecule has 0 radical (unpaired) electrons. The molecule has 9 nitrogen and oxygen atoms in total. The molecule has 0 aliphatic heterocycles. The van der Waals surface area contributed by atoms with Crippen molar-refractivity contribution in [2.45, 2.75) is 51.4 Å². The lowest BCUT2D eigenvalue weighted by Gasteiger charge is -2.08. The zero-order chi connectivity index (χ0) is 22.0. The highest BCUT2D eigenvalue weighted by atomic mass is 16.5. The Bertz CT molecular complexity index is 653. The topological polar surface area (TPSA) is 174 Å². The van der Waals surface area contributed by atoms with Gasteiger partial charge >= 0.3 is 0 Å². The Balaban J connectivity index is 1.94. The Kier molecular flexibility index (Phi) is 13.3. The van der Waals surface area contributed by atoms with Gasteiger partial charge in [0, 0.05) is 25.2 Å². The van der Waals surface area contributed by atoms with Crippen molar-refractivity contribution in [2.75, 3.05) is 26.2 Å². The first kappa shape index (κ1) is 25.1. The van der Waals surface area contributed by atoms with Gasteiger partial charge in [-0.05, 0) is 49.9 Å². The van der Waals surface area contributed by atoms with Crippen LogP contribution in [-0.4, -0.2) is 44.0 Å². The molecule has 0 atom stereocenters. The zero-order valence-corrected chi connectivity index (χ0v) is 17.9. The molecule has 0 unspecified atom stereocenters.